The SMILES string of the molecule is CCCCC(CC)(CC)C(CCCC)(CCCC)OCC.CCCCOC(=O)CCC(=O)O.O=C(O)CCC(=O)O.O=C(O)CCC(=O)O. The summed E-state index contributed by atoms with van der Waals surface area (Å²) in [6.45, 7) is 17.2. The largest absolute Gasteiger partial charge is 0.481 e. The van der Waals surface area contributed by atoms with Crippen molar-refractivity contribution in [2.45, 2.75) is 176 Å². The molecule has 0 heterocycles. The summed E-state index contributed by atoms with van der Waals surface area (Å²) in [7, 11) is 0. The van der Waals surface area contributed by atoms with Crippen molar-refractivity contribution in [2.24, 2.45) is 5.41 Å². The number of carbonyl (C=O) groups is 6. The minimum absolute atomic E-state index is 0.0287. The zero-order valence-corrected chi connectivity index (χ0v) is 31.4. The van der Waals surface area contributed by atoms with Gasteiger partial charge in [0.05, 0.1) is 50.7 Å². The Morgan fingerprint density at radius 3 is 1.08 bits per heavy atom. The first-order valence-electron chi connectivity index (χ1n) is 17.9. The van der Waals surface area contributed by atoms with E-state index in [9.17, 15) is 28.8 Å². The van der Waals surface area contributed by atoms with Gasteiger partial charge in [0.15, 0.2) is 0 Å². The van der Waals surface area contributed by atoms with Crippen LogP contribution in [0.15, 0.2) is 0 Å². The van der Waals surface area contributed by atoms with Crippen LogP contribution < -0.4 is 0 Å². The average Bonchev–Trinajstić information content (AvgIpc) is 3.05. The molecule has 0 fully saturated rings. The molecule has 0 amide bonds. The molecule has 0 saturated heterocycles. The molecule has 0 aromatic heterocycles. The van der Waals surface area contributed by atoms with Crippen molar-refractivity contribution >= 4 is 35.8 Å². The van der Waals surface area contributed by atoms with E-state index in [1.54, 1.807) is 0 Å². The highest BCUT2D eigenvalue weighted by Gasteiger charge is 2.48. The van der Waals surface area contributed by atoms with Gasteiger partial charge in [0, 0.05) is 6.61 Å². The second-order valence-corrected chi connectivity index (χ2v) is 11.8. The maximum absolute atomic E-state index is 10.7. The smallest absolute Gasteiger partial charge is 0.306 e. The third-order valence-corrected chi connectivity index (χ3v) is 8.03. The Morgan fingerprint density at radius 2 is 0.796 bits per heavy atom. The van der Waals surface area contributed by atoms with Crippen LogP contribution in [0.25, 0.3) is 0 Å². The number of ether oxygens (including phenoxy) is 2. The molecule has 0 aromatic rings. The molecular formula is C36H68O13. The summed E-state index contributed by atoms with van der Waals surface area (Å²) in [5.41, 5.74) is 0.496. The van der Waals surface area contributed by atoms with Crippen LogP contribution in [0.3, 0.4) is 0 Å². The predicted octanol–water partition coefficient (Wildman–Crippen LogP) is 8.20. The fourth-order valence-electron chi connectivity index (χ4n) is 5.18. The van der Waals surface area contributed by atoms with Gasteiger partial charge in [-0.25, -0.2) is 0 Å². The lowest BCUT2D eigenvalue weighted by molar-refractivity contribution is -0.153. The molecule has 0 saturated carbocycles. The van der Waals surface area contributed by atoms with Crippen LogP contribution in [0.2, 0.25) is 0 Å². The summed E-state index contributed by atoms with van der Waals surface area (Å²) in [6.07, 6.45) is 14.6. The van der Waals surface area contributed by atoms with E-state index in [0.29, 0.717) is 12.0 Å². The van der Waals surface area contributed by atoms with E-state index in [1.165, 1.54) is 70.6 Å². The highest BCUT2D eigenvalue weighted by Crippen LogP contribution is 2.50. The number of hydrogen-bond acceptors (Lipinski definition) is 8. The first-order chi connectivity index (χ1) is 23.0. The Bertz CT molecular complexity index is 818. The van der Waals surface area contributed by atoms with E-state index in [0.717, 1.165) is 19.4 Å². The molecule has 49 heavy (non-hydrogen) atoms. The number of rotatable bonds is 26. The average molecular weight is 709 g/mol. The summed E-state index contributed by atoms with van der Waals surface area (Å²) < 4.78 is 11.3. The Balaban J connectivity index is -0.000000304. The third-order valence-electron chi connectivity index (χ3n) is 8.03. The van der Waals surface area contributed by atoms with Gasteiger partial charge >= 0.3 is 35.8 Å². The van der Waals surface area contributed by atoms with E-state index in [2.05, 4.69) is 41.5 Å². The Labute approximate surface area is 294 Å². The molecule has 0 unspecified atom stereocenters. The molecule has 290 valence electrons. The Kier molecular flexibility index (Phi) is 37.2. The minimum atomic E-state index is -1.08. The molecule has 0 bridgehead atoms. The number of carbonyl (C=O) groups excluding carboxylic acids is 1. The van der Waals surface area contributed by atoms with Crippen LogP contribution in [-0.4, -0.2) is 80.2 Å². The first kappa shape index (κ1) is 52.6. The number of aliphatic carboxylic acids is 5. The van der Waals surface area contributed by atoms with Crippen molar-refractivity contribution < 1.29 is 63.8 Å². The van der Waals surface area contributed by atoms with Gasteiger partial charge in [-0.1, -0.05) is 86.5 Å². The van der Waals surface area contributed by atoms with Crippen LogP contribution in [0.4, 0.5) is 0 Å². The van der Waals surface area contributed by atoms with E-state index in [4.69, 9.17) is 35.0 Å². The number of esters is 1. The number of carboxylic acid groups (broad SMARTS) is 5. The fraction of sp³-hybridized carbons (Fsp3) is 0.833. The highest BCUT2D eigenvalue weighted by molar-refractivity contribution is 5.76. The van der Waals surface area contributed by atoms with E-state index >= 15 is 0 Å². The van der Waals surface area contributed by atoms with Crippen molar-refractivity contribution in [2.75, 3.05) is 13.2 Å². The van der Waals surface area contributed by atoms with E-state index in [1.807, 2.05) is 6.92 Å². The topological polar surface area (TPSA) is 222 Å². The van der Waals surface area contributed by atoms with Gasteiger partial charge in [-0.3, -0.25) is 28.8 Å². The van der Waals surface area contributed by atoms with Crippen LogP contribution in [0, 0.1) is 5.41 Å². The van der Waals surface area contributed by atoms with Gasteiger partial charge < -0.3 is 35.0 Å². The molecule has 5 N–H and O–H groups in total. The summed E-state index contributed by atoms with van der Waals surface area (Å²) in [5, 5.41) is 39.8. The molecule has 13 nitrogen and oxygen atoms in total. The maximum atomic E-state index is 10.7. The predicted molar refractivity (Wildman–Crippen MR) is 188 cm³/mol. The third kappa shape index (κ3) is 31.8. The van der Waals surface area contributed by atoms with Crippen LogP contribution >= 0.6 is 0 Å². The van der Waals surface area contributed by atoms with Crippen molar-refractivity contribution in [1.29, 1.82) is 0 Å². The second kappa shape index (κ2) is 34.6. The zero-order valence-electron chi connectivity index (χ0n) is 31.4. The zero-order chi connectivity index (χ0) is 38.7. The summed E-state index contributed by atoms with van der Waals surface area (Å²) in [5.74, 6) is -5.70. The van der Waals surface area contributed by atoms with Gasteiger partial charge in [0.1, 0.15) is 0 Å². The van der Waals surface area contributed by atoms with Crippen LogP contribution in [0.5, 0.6) is 0 Å². The highest BCUT2D eigenvalue weighted by atomic mass is 16.5. The molecule has 0 spiro atoms. The first-order valence-corrected chi connectivity index (χ1v) is 17.9. The molecule has 0 aliphatic carbocycles. The van der Waals surface area contributed by atoms with Crippen LogP contribution in [0.1, 0.15) is 170 Å². The van der Waals surface area contributed by atoms with E-state index < -0.39 is 35.8 Å². The summed E-state index contributed by atoms with van der Waals surface area (Å²) in [6, 6.07) is 0. The number of carboxylic acids is 5. The monoisotopic (exact) mass is 708 g/mol. The lowest BCUT2D eigenvalue weighted by Gasteiger charge is -2.51. The van der Waals surface area contributed by atoms with Crippen molar-refractivity contribution in [1.82, 2.24) is 0 Å². The molecule has 0 radical (unpaired) electrons. The molecule has 0 atom stereocenters. The molecule has 0 rings (SSSR count). The van der Waals surface area contributed by atoms with Gasteiger partial charge in [0.2, 0.25) is 0 Å². The lowest BCUT2D eigenvalue weighted by atomic mass is 9.61. The summed E-state index contributed by atoms with van der Waals surface area (Å²) >= 11 is 0. The molecule has 0 aliphatic rings. The second-order valence-electron chi connectivity index (χ2n) is 11.8. The molecular weight excluding hydrogens is 640 g/mol. The van der Waals surface area contributed by atoms with Gasteiger partial charge in [-0.05, 0) is 50.9 Å². The normalized spacial score (nSPS) is 10.6. The standard InChI is InChI=1S/C20H42O.C8H14O4.2C4H6O4/c1-7-13-16-19(10-4,11-5)20(21-12-6,17-14-8-2)18-15-9-3;1-2-3-6-12-8(11)5-4-7(9)10;2*5-3(6)1-2-4(7)8/h7-18H2,1-6H3;2-6H2,1H3,(H,9,10);2*1-2H2,(H,5,6)(H,7,8). The molecule has 0 aliphatic heterocycles. The van der Waals surface area contributed by atoms with Gasteiger partial charge in [-0.15, -0.1) is 0 Å². The van der Waals surface area contributed by atoms with Crippen molar-refractivity contribution in [3.05, 3.63) is 0 Å². The van der Waals surface area contributed by atoms with Gasteiger partial charge in [-0.2, -0.15) is 0 Å². The number of hydrogen-bond donors (Lipinski definition) is 5. The Hall–Kier alpha value is -3.22. The molecule has 13 heteroatoms. The lowest BCUT2D eigenvalue weighted by Crippen LogP contribution is -2.50. The minimum Gasteiger partial charge on any atom is -0.481 e. The van der Waals surface area contributed by atoms with Gasteiger partial charge in [0.25, 0.3) is 0 Å². The fourth-order valence-corrected chi connectivity index (χ4v) is 5.18. The van der Waals surface area contributed by atoms with E-state index in [-0.39, 0.29) is 44.1 Å². The molecule has 0 aromatic carbocycles. The summed E-state index contributed by atoms with van der Waals surface area (Å²) in [4.78, 5) is 59.3. The van der Waals surface area contributed by atoms with Crippen molar-refractivity contribution in [3.8, 4) is 0 Å². The van der Waals surface area contributed by atoms with Crippen LogP contribution in [-0.2, 0) is 38.2 Å². The maximum Gasteiger partial charge on any atom is 0.306 e. The van der Waals surface area contributed by atoms with Crippen molar-refractivity contribution in [3.63, 3.8) is 0 Å². The quantitative estimate of drug-likeness (QED) is 0.0423. The Morgan fingerprint density at radius 1 is 0.469 bits per heavy atom. The number of unbranched alkanes of at least 4 members (excludes halogenated alkanes) is 4.